The van der Waals surface area contributed by atoms with Crippen molar-refractivity contribution in [2.45, 2.75) is 71.6 Å². The molecule has 143 heavy (non-hydrogen) atoms. The molecule has 11 heterocycles. The predicted octanol–water partition coefficient (Wildman–Crippen LogP) is 24.6. The number of carbonyl (C=O) groups excluding carboxylic acids is 5. The van der Waals surface area contributed by atoms with Crippen molar-refractivity contribution in [2.75, 3.05) is 67.7 Å². The van der Waals surface area contributed by atoms with Crippen LogP contribution in [0.3, 0.4) is 0 Å². The largest absolute Gasteiger partial charge is 0.497 e. The molecule has 714 valence electrons. The zero-order valence-corrected chi connectivity index (χ0v) is 82.3. The zero-order chi connectivity index (χ0) is 98.9. The number of anilines is 5. The Morgan fingerprint density at radius 2 is 0.769 bits per heavy atom. The molecule has 24 nitrogen and oxygen atoms in total. The Balaban J connectivity index is 0.000000123. The van der Waals surface area contributed by atoms with Gasteiger partial charge in [-0.25, -0.2) is 29.3 Å². The third-order valence-electron chi connectivity index (χ3n) is 23.3. The van der Waals surface area contributed by atoms with Gasteiger partial charge < -0.3 is 45.1 Å². The molecule has 0 spiro atoms. The highest BCUT2D eigenvalue weighted by atomic mass is 32.1. The van der Waals surface area contributed by atoms with Crippen LogP contribution in [-0.2, 0) is 62.5 Å². The minimum atomic E-state index is -0.309. The van der Waals surface area contributed by atoms with Gasteiger partial charge in [0.05, 0.1) is 125 Å². The number of para-hydroxylation sites is 1. The van der Waals surface area contributed by atoms with Crippen LogP contribution in [0.2, 0.25) is 0 Å². The second-order valence-electron chi connectivity index (χ2n) is 33.6. The maximum Gasteiger partial charge on any atom is 0.230 e. The molecular weight excluding hydrogens is 1870 g/mol. The summed E-state index contributed by atoms with van der Waals surface area (Å²) in [5.74, 6) is 3.60. The number of benzene rings is 10. The molecule has 0 saturated carbocycles. The van der Waals surface area contributed by atoms with Gasteiger partial charge >= 0.3 is 0 Å². The topological polar surface area (TPSA) is 303 Å². The first kappa shape index (κ1) is 98.0. The van der Waals surface area contributed by atoms with Crippen molar-refractivity contribution in [2.24, 2.45) is 0 Å². The number of nitrogens with one attached hydrogen (secondary N) is 4. The number of ketones is 1. The minimum absolute atomic E-state index is 0.0847. The number of fused-ring (bicyclic) bond motifs is 5. The van der Waals surface area contributed by atoms with Gasteiger partial charge in [-0.3, -0.25) is 48.9 Å². The van der Waals surface area contributed by atoms with Crippen LogP contribution in [0.4, 0.5) is 31.3 Å². The summed E-state index contributed by atoms with van der Waals surface area (Å²) >= 11 is 5.86. The van der Waals surface area contributed by atoms with Gasteiger partial charge in [-0.1, -0.05) is 167 Å². The van der Waals surface area contributed by atoms with E-state index in [4.69, 9.17) is 18.9 Å². The van der Waals surface area contributed by atoms with E-state index in [-0.39, 0.29) is 48.1 Å². The van der Waals surface area contributed by atoms with E-state index in [1.165, 1.54) is 65.4 Å². The molecule has 1 saturated heterocycles. The Kier molecular flexibility index (Phi) is 32.5. The van der Waals surface area contributed by atoms with E-state index in [9.17, 15) is 28.4 Å². The number of ether oxygens (including phenoxy) is 4. The zero-order valence-electron chi connectivity index (χ0n) is 79.1. The van der Waals surface area contributed by atoms with Gasteiger partial charge in [-0.05, 0) is 257 Å². The van der Waals surface area contributed by atoms with E-state index >= 15 is 0 Å². The fourth-order valence-electron chi connectivity index (χ4n) is 16.0. The van der Waals surface area contributed by atoms with Gasteiger partial charge in [-0.2, -0.15) is 0 Å². The lowest BCUT2D eigenvalue weighted by atomic mass is 9.99. The number of piperidine rings is 1. The molecule has 10 aromatic heterocycles. The molecule has 29 heteroatoms. The molecule has 1 aliphatic rings. The number of aryl methyl sites for hydroxylation is 2. The Morgan fingerprint density at radius 3 is 1.24 bits per heavy atom. The predicted molar refractivity (Wildman–Crippen MR) is 572 cm³/mol. The number of hydrogen-bond acceptors (Lipinski definition) is 24. The Labute approximate surface area is 841 Å². The first-order valence-electron chi connectivity index (χ1n) is 46.2. The SMILES string of the molecule is COc1ccc2nc(CC(=O)Cc3ccc(-c4ccnc5ccccc45)cc3)sc2c1.COc1ccc2nc(NC(=O)Cc3ccc(-c4ccnc(C)c4)cc3)sc2c1.COc1ccc2nc(NC(=O)Cc3ccc(-c4ccncc4)cc3)sc2c1.COc1ccc2nc(NC(=O)Cc3ccc(N4CCCCC4)nc3)sc2c1.Cc1cc(-c2ccc(CC(=O)Nc3ccc(-c4cccc(F)c4)nc3)cc2)ccn1. The molecule has 10 aromatic carbocycles. The highest BCUT2D eigenvalue weighted by Gasteiger charge is 2.20. The smallest absolute Gasteiger partial charge is 0.230 e. The molecule has 4 N–H and O–H groups in total. The highest BCUT2D eigenvalue weighted by molar-refractivity contribution is 7.23. The van der Waals surface area contributed by atoms with Crippen molar-refractivity contribution in [1.29, 1.82) is 0 Å². The van der Waals surface area contributed by atoms with Gasteiger partial charge in [0.25, 0.3) is 0 Å². The summed E-state index contributed by atoms with van der Waals surface area (Å²) in [6.07, 6.45) is 18.0. The van der Waals surface area contributed by atoms with Crippen molar-refractivity contribution in [1.82, 2.24) is 49.8 Å². The molecule has 4 amide bonds. The van der Waals surface area contributed by atoms with E-state index in [1.54, 1.807) is 101 Å². The van der Waals surface area contributed by atoms with Crippen LogP contribution in [0.15, 0.2) is 328 Å². The maximum atomic E-state index is 13.4. The molecule has 0 aliphatic carbocycles. The van der Waals surface area contributed by atoms with Crippen LogP contribution in [0, 0.1) is 19.7 Å². The number of methoxy groups -OCH3 is 4. The van der Waals surface area contributed by atoms with Gasteiger partial charge in [0.1, 0.15) is 45.4 Å². The van der Waals surface area contributed by atoms with Crippen LogP contribution in [0.5, 0.6) is 23.0 Å². The van der Waals surface area contributed by atoms with Crippen molar-refractivity contribution in [3.8, 4) is 78.8 Å². The normalized spacial score (nSPS) is 11.5. The van der Waals surface area contributed by atoms with E-state index < -0.39 is 0 Å². The lowest BCUT2D eigenvalue weighted by Gasteiger charge is -2.27. The lowest BCUT2D eigenvalue weighted by molar-refractivity contribution is -0.118. The van der Waals surface area contributed by atoms with Gasteiger partial charge in [-0.15, -0.1) is 11.3 Å². The van der Waals surface area contributed by atoms with Crippen LogP contribution in [0.25, 0.3) is 108 Å². The summed E-state index contributed by atoms with van der Waals surface area (Å²) in [4.78, 5) is 108. The molecular formula is C114H98FN15O9S4. The first-order valence-corrected chi connectivity index (χ1v) is 49.4. The molecule has 0 radical (unpaired) electrons. The summed E-state index contributed by atoms with van der Waals surface area (Å²) in [6, 6.07) is 90.8. The Morgan fingerprint density at radius 1 is 0.336 bits per heavy atom. The summed E-state index contributed by atoms with van der Waals surface area (Å²) in [6.45, 7) is 6.06. The molecule has 21 rings (SSSR count). The van der Waals surface area contributed by atoms with Crippen molar-refractivity contribution < 1.29 is 47.3 Å². The van der Waals surface area contributed by atoms with E-state index in [2.05, 4.69) is 94.2 Å². The van der Waals surface area contributed by atoms with Crippen LogP contribution >= 0.6 is 45.3 Å². The second kappa shape index (κ2) is 47.4. The summed E-state index contributed by atoms with van der Waals surface area (Å²) in [5, 5.41) is 15.3. The van der Waals surface area contributed by atoms with Crippen molar-refractivity contribution >= 4 is 153 Å². The summed E-state index contributed by atoms with van der Waals surface area (Å²) in [5.41, 5.74) is 21.9. The number of carbonyl (C=O) groups is 5. The molecule has 0 bridgehead atoms. The second-order valence-corrected chi connectivity index (χ2v) is 37.8. The standard InChI is InChI=1S/C26H20N2O2S.C25H20FN3O.C22H19N3O2S.C21H17N3O2S.C20H22N4O2S/c1-30-20-10-11-24-25(16-20)31-26(28-24)15-19(29)14-17-6-8-18(9-7-17)21-12-13-27-23-5-3-2-4-22(21)23;1-17-13-20(11-12-27-17)19-7-5-18(6-8-19)14-25(30)29-23-9-10-24(28-16-23)21-3-2-4-22(26)15-21;1-14-11-17(9-10-23-14)16-5-3-15(4-6-16)12-21(26)25-22-24-19-8-7-18(27-2)13-20(19)28-22;1-26-17-6-7-18-19(13-17)27-21(23-18)24-20(25)12-14-2-4-15(5-3-14)16-8-10-22-11-9-16;1-26-15-6-7-16-17(12-15)27-20(22-16)23-19(25)11-14-5-8-18(21-13-14)24-9-3-2-4-10-24/h2-13,16H,14-15H2,1H3;2-13,15-16H,14H2,1H3,(H,29,30);3-11,13H,12H2,1-2H3,(H,24,25,26);2-11,13H,12H2,1H3,(H,23,24,25);5-8,12-13H,2-4,9-11H2,1H3,(H,22,23,25). The summed E-state index contributed by atoms with van der Waals surface area (Å²) in [7, 11) is 6.54. The van der Waals surface area contributed by atoms with E-state index in [0.29, 0.717) is 58.0 Å². The number of nitrogens with zero attached hydrogens (tertiary/aromatic N) is 11. The first-order chi connectivity index (χ1) is 69.8. The number of amides is 4. The van der Waals surface area contributed by atoms with E-state index in [0.717, 1.165) is 182 Å². The minimum Gasteiger partial charge on any atom is -0.497 e. The molecule has 1 fully saturated rings. The summed E-state index contributed by atoms with van der Waals surface area (Å²) < 4.78 is 38.3. The van der Waals surface area contributed by atoms with Gasteiger partial charge in [0.2, 0.25) is 23.6 Å². The molecule has 1 aliphatic heterocycles. The number of pyridine rings is 6. The van der Waals surface area contributed by atoms with Crippen LogP contribution < -0.4 is 45.1 Å². The third-order valence-corrected chi connectivity index (χ3v) is 27.1. The number of halogens is 1. The maximum absolute atomic E-state index is 13.4. The lowest BCUT2D eigenvalue weighted by Crippen LogP contribution is -2.30. The Bertz CT molecular complexity index is 7750. The fraction of sp³-hybridized carbons (Fsp3) is 0.149. The highest BCUT2D eigenvalue weighted by Crippen LogP contribution is 2.36. The van der Waals surface area contributed by atoms with Gasteiger partial charge in [0.15, 0.2) is 15.4 Å². The fourth-order valence-corrected chi connectivity index (χ4v) is 19.8. The third kappa shape index (κ3) is 26.9. The van der Waals surface area contributed by atoms with Crippen molar-refractivity contribution in [3.63, 3.8) is 0 Å². The van der Waals surface area contributed by atoms with E-state index in [1.807, 2.05) is 251 Å². The van der Waals surface area contributed by atoms with Gasteiger partial charge in [0, 0.05) is 79.0 Å². The van der Waals surface area contributed by atoms with Crippen LogP contribution in [0.1, 0.15) is 63.5 Å². The molecule has 0 atom stereocenters. The molecule has 20 aromatic rings. The monoisotopic (exact) mass is 1970 g/mol. The quantitative estimate of drug-likeness (QED) is 0.0391. The average molecular weight is 1970 g/mol. The number of rotatable bonds is 26. The average Bonchev–Trinajstić information content (AvgIpc) is 1.80. The number of thiazole rings is 4. The number of hydrogen-bond donors (Lipinski definition) is 4. The van der Waals surface area contributed by atoms with Crippen LogP contribution in [-0.4, -0.2) is 121 Å². The van der Waals surface area contributed by atoms with Crippen molar-refractivity contribution in [3.05, 3.63) is 379 Å². The Hall–Kier alpha value is -16.6. The number of Topliss-reactive ketones (excluding diaryl/α,β-unsaturated/α-hetero) is 1. The molecule has 0 unspecified atom stereocenters. The number of aromatic nitrogens is 10.